The van der Waals surface area contributed by atoms with Crippen molar-refractivity contribution >= 4 is 11.9 Å². The second-order valence-corrected chi connectivity index (χ2v) is 4.43. The highest BCUT2D eigenvalue weighted by molar-refractivity contribution is 5.85. The largest absolute Gasteiger partial charge is 0.481 e. The van der Waals surface area contributed by atoms with Crippen LogP contribution < -0.4 is 5.32 Å². The summed E-state index contributed by atoms with van der Waals surface area (Å²) in [4.78, 5) is 22.1. The van der Waals surface area contributed by atoms with Crippen LogP contribution in [-0.4, -0.2) is 28.7 Å². The highest BCUT2D eigenvalue weighted by Crippen LogP contribution is 2.26. The maximum Gasteiger partial charge on any atom is 0.308 e. The van der Waals surface area contributed by atoms with Gasteiger partial charge in [-0.25, -0.2) is 4.39 Å². The van der Waals surface area contributed by atoms with Gasteiger partial charge in [0, 0.05) is 6.04 Å². The van der Waals surface area contributed by atoms with Gasteiger partial charge in [-0.3, -0.25) is 9.59 Å². The van der Waals surface area contributed by atoms with E-state index in [1.807, 2.05) is 0 Å². The van der Waals surface area contributed by atoms with Gasteiger partial charge in [-0.1, -0.05) is 6.42 Å². The zero-order chi connectivity index (χ0) is 11.6. The number of carbonyl (C=O) groups excluding carboxylic acids is 1. The lowest BCUT2D eigenvalue weighted by atomic mass is 10.0. The molecule has 0 spiro atoms. The Morgan fingerprint density at radius 1 is 1.40 bits per heavy atom. The number of amides is 1. The molecule has 0 aromatic rings. The Balaban J connectivity index is 2.58. The summed E-state index contributed by atoms with van der Waals surface area (Å²) < 4.78 is 13.2. The number of hydrogen-bond acceptors (Lipinski definition) is 2. The Labute approximate surface area is 87.9 Å². The molecule has 0 unspecified atom stereocenters. The van der Waals surface area contributed by atoms with Gasteiger partial charge in [0.2, 0.25) is 0 Å². The lowest BCUT2D eigenvalue weighted by Gasteiger charge is -2.21. The van der Waals surface area contributed by atoms with Crippen LogP contribution in [0, 0.1) is 5.92 Å². The lowest BCUT2D eigenvalue weighted by Crippen LogP contribution is -2.47. The number of alkyl halides is 1. The molecule has 0 radical (unpaired) electrons. The summed E-state index contributed by atoms with van der Waals surface area (Å²) in [5, 5.41) is 11.3. The zero-order valence-corrected chi connectivity index (χ0v) is 8.92. The van der Waals surface area contributed by atoms with Gasteiger partial charge < -0.3 is 10.4 Å². The third-order valence-electron chi connectivity index (χ3n) is 2.69. The molecule has 1 aliphatic carbocycles. The van der Waals surface area contributed by atoms with Crippen LogP contribution in [0.1, 0.15) is 33.1 Å². The van der Waals surface area contributed by atoms with E-state index < -0.39 is 29.5 Å². The molecule has 1 saturated carbocycles. The summed E-state index contributed by atoms with van der Waals surface area (Å²) in [6.07, 6.45) is 1.92. The molecule has 0 aromatic carbocycles. The van der Waals surface area contributed by atoms with Crippen LogP contribution in [0.4, 0.5) is 4.39 Å². The summed E-state index contributed by atoms with van der Waals surface area (Å²) in [6.45, 7) is 2.32. The summed E-state index contributed by atoms with van der Waals surface area (Å²) >= 11 is 0. The average Bonchev–Trinajstić information content (AvgIpc) is 2.50. The van der Waals surface area contributed by atoms with Gasteiger partial charge in [-0.2, -0.15) is 0 Å². The fourth-order valence-corrected chi connectivity index (χ4v) is 1.77. The van der Waals surface area contributed by atoms with E-state index in [-0.39, 0.29) is 0 Å². The minimum absolute atomic E-state index is 0.426. The van der Waals surface area contributed by atoms with E-state index in [0.717, 1.165) is 20.3 Å². The monoisotopic (exact) mass is 217 g/mol. The van der Waals surface area contributed by atoms with Crippen molar-refractivity contribution in [2.45, 2.75) is 44.8 Å². The summed E-state index contributed by atoms with van der Waals surface area (Å²) in [5.74, 6) is -2.23. The van der Waals surface area contributed by atoms with Crippen molar-refractivity contribution in [1.82, 2.24) is 5.32 Å². The molecule has 86 valence electrons. The molecule has 0 aliphatic heterocycles. The van der Waals surface area contributed by atoms with Crippen LogP contribution in [0.2, 0.25) is 0 Å². The minimum Gasteiger partial charge on any atom is -0.481 e. The second kappa shape index (κ2) is 4.16. The first-order valence-electron chi connectivity index (χ1n) is 5.05. The van der Waals surface area contributed by atoms with Crippen molar-refractivity contribution < 1.29 is 19.1 Å². The zero-order valence-electron chi connectivity index (χ0n) is 8.92. The molecule has 2 atom stereocenters. The maximum absolute atomic E-state index is 13.2. The molecule has 0 saturated heterocycles. The number of halogens is 1. The molecule has 5 heteroatoms. The van der Waals surface area contributed by atoms with E-state index in [4.69, 9.17) is 5.11 Å². The van der Waals surface area contributed by atoms with Gasteiger partial charge in [-0.15, -0.1) is 0 Å². The molecule has 0 bridgehead atoms. The van der Waals surface area contributed by atoms with Crippen LogP contribution in [0.25, 0.3) is 0 Å². The fraction of sp³-hybridized carbons (Fsp3) is 0.800. The summed E-state index contributed by atoms with van der Waals surface area (Å²) in [5.41, 5.74) is -1.95. The van der Waals surface area contributed by atoms with Gasteiger partial charge in [0.1, 0.15) is 0 Å². The van der Waals surface area contributed by atoms with E-state index in [1.165, 1.54) is 0 Å². The minimum atomic E-state index is -1.95. The van der Waals surface area contributed by atoms with Crippen molar-refractivity contribution in [2.75, 3.05) is 0 Å². The molecule has 1 rings (SSSR count). The molecule has 2 N–H and O–H groups in total. The normalized spacial score (nSPS) is 26.3. The first-order valence-corrected chi connectivity index (χ1v) is 5.05. The van der Waals surface area contributed by atoms with E-state index in [2.05, 4.69) is 5.32 Å². The molecule has 4 nitrogen and oxygen atoms in total. The van der Waals surface area contributed by atoms with Crippen LogP contribution in [0.3, 0.4) is 0 Å². The average molecular weight is 217 g/mol. The Hall–Kier alpha value is -1.13. The molecule has 1 aliphatic rings. The predicted molar refractivity (Wildman–Crippen MR) is 52.1 cm³/mol. The maximum atomic E-state index is 13.2. The van der Waals surface area contributed by atoms with Crippen LogP contribution >= 0.6 is 0 Å². The highest BCUT2D eigenvalue weighted by Gasteiger charge is 2.37. The van der Waals surface area contributed by atoms with Gasteiger partial charge in [-0.05, 0) is 26.7 Å². The molecular formula is C10H16FNO3. The predicted octanol–water partition coefficient (Wildman–Crippen LogP) is 1.10. The van der Waals surface area contributed by atoms with Crippen LogP contribution in [-0.2, 0) is 9.59 Å². The summed E-state index contributed by atoms with van der Waals surface area (Å²) in [7, 11) is 0. The number of carbonyl (C=O) groups is 2. The molecule has 15 heavy (non-hydrogen) atoms. The van der Waals surface area contributed by atoms with Gasteiger partial charge in [0.05, 0.1) is 5.92 Å². The molecule has 0 aromatic heterocycles. The second-order valence-electron chi connectivity index (χ2n) is 4.43. The number of carboxylic acid groups (broad SMARTS) is 1. The standard InChI is InChI=1S/C10H16FNO3/c1-10(2,11)9(15)12-7-5-3-4-6(7)8(13)14/h6-7H,3-5H2,1-2H3,(H,12,15)(H,13,14)/t6-,7+/m0/s1. The molecule has 1 fully saturated rings. The Morgan fingerprint density at radius 3 is 2.47 bits per heavy atom. The first kappa shape index (κ1) is 11.9. The number of rotatable bonds is 3. The first-order chi connectivity index (χ1) is 6.82. The van der Waals surface area contributed by atoms with Gasteiger partial charge >= 0.3 is 5.97 Å². The van der Waals surface area contributed by atoms with Crippen molar-refractivity contribution in [3.05, 3.63) is 0 Å². The third-order valence-corrected chi connectivity index (χ3v) is 2.69. The Morgan fingerprint density at radius 2 is 2.00 bits per heavy atom. The smallest absolute Gasteiger partial charge is 0.308 e. The molecule has 0 heterocycles. The van der Waals surface area contributed by atoms with E-state index >= 15 is 0 Å². The summed E-state index contributed by atoms with van der Waals surface area (Å²) in [6, 6.07) is -0.426. The van der Waals surface area contributed by atoms with Crippen LogP contribution in [0.5, 0.6) is 0 Å². The quantitative estimate of drug-likeness (QED) is 0.744. The Kier molecular flexibility index (Phi) is 3.31. The van der Waals surface area contributed by atoms with E-state index in [0.29, 0.717) is 12.8 Å². The number of carboxylic acids is 1. The third kappa shape index (κ3) is 2.91. The molecule has 1 amide bonds. The van der Waals surface area contributed by atoms with Crippen molar-refractivity contribution in [3.8, 4) is 0 Å². The number of nitrogens with one attached hydrogen (secondary N) is 1. The van der Waals surface area contributed by atoms with E-state index in [9.17, 15) is 14.0 Å². The molecular weight excluding hydrogens is 201 g/mol. The highest BCUT2D eigenvalue weighted by atomic mass is 19.1. The van der Waals surface area contributed by atoms with Crippen molar-refractivity contribution in [3.63, 3.8) is 0 Å². The van der Waals surface area contributed by atoms with Gasteiger partial charge in [0.25, 0.3) is 5.91 Å². The lowest BCUT2D eigenvalue weighted by molar-refractivity contribution is -0.142. The van der Waals surface area contributed by atoms with Crippen LogP contribution in [0.15, 0.2) is 0 Å². The SMILES string of the molecule is CC(C)(F)C(=O)N[C@@H]1CCC[C@@H]1C(=O)O. The number of aliphatic carboxylic acids is 1. The Bertz CT molecular complexity index is 272. The van der Waals surface area contributed by atoms with E-state index in [1.54, 1.807) is 0 Å². The van der Waals surface area contributed by atoms with Gasteiger partial charge in [0.15, 0.2) is 5.67 Å². The van der Waals surface area contributed by atoms with Crippen molar-refractivity contribution in [2.24, 2.45) is 5.92 Å². The topological polar surface area (TPSA) is 66.4 Å². The number of hydrogen-bond donors (Lipinski definition) is 2. The van der Waals surface area contributed by atoms with Crippen molar-refractivity contribution in [1.29, 1.82) is 0 Å². The fourth-order valence-electron chi connectivity index (χ4n) is 1.77.